The van der Waals surface area contributed by atoms with Crippen molar-refractivity contribution in [1.82, 2.24) is 19.6 Å². The van der Waals surface area contributed by atoms with Crippen molar-refractivity contribution >= 4 is 22.8 Å². The molecular formula is C19H19N5. The van der Waals surface area contributed by atoms with Crippen LogP contribution in [0.1, 0.15) is 24.0 Å². The molecule has 0 spiro atoms. The molecule has 2 aromatic carbocycles. The number of benzene rings is 2. The Bertz CT molecular complexity index is 1020. The Morgan fingerprint density at radius 2 is 1.96 bits per heavy atom. The molecule has 2 N–H and O–H groups in total. The standard InChI is InChI=1S/C19H19N5/c1-13-7-8-16-15(11-13)21-18-22-17(23-24(16)18)20-12-19(9-10-19)14-5-3-2-4-6-14/h2-8,11H,9-10,12H2,1H3,(H2,20,21,22,23). The van der Waals surface area contributed by atoms with E-state index in [1.165, 1.54) is 24.0 Å². The van der Waals surface area contributed by atoms with E-state index >= 15 is 0 Å². The summed E-state index contributed by atoms with van der Waals surface area (Å²) in [4.78, 5) is 9.18. The Morgan fingerprint density at radius 1 is 1.12 bits per heavy atom. The zero-order valence-electron chi connectivity index (χ0n) is 13.6. The number of H-pyrrole nitrogens is 1. The Kier molecular flexibility index (Phi) is 2.74. The van der Waals surface area contributed by atoms with Crippen LogP contribution >= 0.6 is 0 Å². The van der Waals surface area contributed by atoms with Gasteiger partial charge >= 0.3 is 0 Å². The van der Waals surface area contributed by atoms with E-state index in [0.29, 0.717) is 5.78 Å². The predicted octanol–water partition coefficient (Wildman–Crippen LogP) is 3.66. The van der Waals surface area contributed by atoms with E-state index in [1.807, 2.05) is 4.52 Å². The second-order valence-electron chi connectivity index (χ2n) is 6.81. The number of aryl methyl sites for hydroxylation is 1. The molecule has 1 aliphatic carbocycles. The molecule has 4 aromatic rings. The van der Waals surface area contributed by atoms with E-state index in [0.717, 1.165) is 23.5 Å². The van der Waals surface area contributed by atoms with Crippen LogP contribution in [0, 0.1) is 6.92 Å². The van der Waals surface area contributed by atoms with E-state index in [2.05, 4.69) is 75.8 Å². The van der Waals surface area contributed by atoms with Gasteiger partial charge in [0.1, 0.15) is 0 Å². The van der Waals surface area contributed by atoms with Crippen LogP contribution in [0.2, 0.25) is 0 Å². The molecule has 5 rings (SSSR count). The number of nitrogens with one attached hydrogen (secondary N) is 2. The number of imidazole rings is 1. The van der Waals surface area contributed by atoms with Gasteiger partial charge in [-0.2, -0.15) is 4.98 Å². The molecule has 2 heterocycles. The van der Waals surface area contributed by atoms with Crippen LogP contribution in [0.25, 0.3) is 16.8 Å². The fraction of sp³-hybridized carbons (Fsp3) is 0.263. The molecule has 24 heavy (non-hydrogen) atoms. The molecule has 1 saturated carbocycles. The fourth-order valence-corrected chi connectivity index (χ4v) is 3.44. The Labute approximate surface area is 139 Å². The maximum Gasteiger partial charge on any atom is 0.253 e. The van der Waals surface area contributed by atoms with Crippen molar-refractivity contribution in [3.05, 3.63) is 59.7 Å². The lowest BCUT2D eigenvalue weighted by Crippen LogP contribution is -2.20. The lowest BCUT2D eigenvalue weighted by atomic mass is 9.96. The van der Waals surface area contributed by atoms with Crippen molar-refractivity contribution in [2.45, 2.75) is 25.2 Å². The minimum absolute atomic E-state index is 0.259. The molecular weight excluding hydrogens is 298 g/mol. The highest BCUT2D eigenvalue weighted by molar-refractivity contribution is 5.80. The van der Waals surface area contributed by atoms with Gasteiger partial charge in [0.05, 0.1) is 11.0 Å². The highest BCUT2D eigenvalue weighted by atomic mass is 15.4. The number of rotatable bonds is 4. The summed E-state index contributed by atoms with van der Waals surface area (Å²) >= 11 is 0. The largest absolute Gasteiger partial charge is 0.354 e. The average Bonchev–Trinajstić information content (AvgIpc) is 3.18. The summed E-state index contributed by atoms with van der Waals surface area (Å²) < 4.78 is 1.94. The molecule has 0 aliphatic heterocycles. The van der Waals surface area contributed by atoms with Crippen molar-refractivity contribution in [2.75, 3.05) is 11.9 Å². The first-order chi connectivity index (χ1) is 11.7. The quantitative estimate of drug-likeness (QED) is 0.604. The van der Waals surface area contributed by atoms with Gasteiger partial charge in [-0.15, -0.1) is 0 Å². The zero-order chi connectivity index (χ0) is 16.1. The predicted molar refractivity (Wildman–Crippen MR) is 95.4 cm³/mol. The van der Waals surface area contributed by atoms with Crippen LogP contribution in [0.5, 0.6) is 0 Å². The average molecular weight is 317 g/mol. The molecule has 0 bridgehead atoms. The Balaban J connectivity index is 1.42. The molecule has 1 aliphatic rings. The van der Waals surface area contributed by atoms with E-state index in [9.17, 15) is 0 Å². The molecule has 0 saturated heterocycles. The smallest absolute Gasteiger partial charge is 0.253 e. The van der Waals surface area contributed by atoms with Gasteiger partial charge in [0, 0.05) is 12.0 Å². The number of nitrogens with zero attached hydrogens (tertiary/aromatic N) is 3. The van der Waals surface area contributed by atoms with Gasteiger partial charge in [0.15, 0.2) is 0 Å². The SMILES string of the molecule is Cc1ccc2c(c1)nc1nc(NCC3(c4ccccc4)CC3)[nH]n12. The summed E-state index contributed by atoms with van der Waals surface area (Å²) in [5.74, 6) is 1.49. The topological polar surface area (TPSA) is 58.0 Å². The number of aromatic nitrogens is 4. The normalized spacial score (nSPS) is 15.9. The molecule has 120 valence electrons. The first-order valence-electron chi connectivity index (χ1n) is 8.38. The van der Waals surface area contributed by atoms with Crippen molar-refractivity contribution < 1.29 is 0 Å². The fourth-order valence-electron chi connectivity index (χ4n) is 3.44. The summed E-state index contributed by atoms with van der Waals surface area (Å²) in [6.45, 7) is 2.97. The van der Waals surface area contributed by atoms with E-state index in [1.54, 1.807) is 0 Å². The minimum atomic E-state index is 0.259. The molecule has 1 fully saturated rings. The minimum Gasteiger partial charge on any atom is -0.354 e. The number of hydrogen-bond donors (Lipinski definition) is 2. The molecule has 0 unspecified atom stereocenters. The van der Waals surface area contributed by atoms with Gasteiger partial charge < -0.3 is 5.32 Å². The maximum absolute atomic E-state index is 4.60. The number of hydrogen-bond acceptors (Lipinski definition) is 3. The number of fused-ring (bicyclic) bond motifs is 3. The van der Waals surface area contributed by atoms with Gasteiger partial charge in [-0.25, -0.2) is 9.50 Å². The third-order valence-electron chi connectivity index (χ3n) is 5.06. The van der Waals surface area contributed by atoms with Crippen LogP contribution in [-0.4, -0.2) is 26.1 Å². The zero-order valence-corrected chi connectivity index (χ0v) is 13.6. The van der Waals surface area contributed by atoms with Crippen LogP contribution in [0.4, 0.5) is 5.95 Å². The molecule has 5 heteroatoms. The van der Waals surface area contributed by atoms with Crippen LogP contribution < -0.4 is 5.32 Å². The number of aromatic amines is 1. The van der Waals surface area contributed by atoms with Gasteiger partial charge in [-0.3, -0.25) is 5.10 Å². The third-order valence-corrected chi connectivity index (χ3v) is 5.06. The lowest BCUT2D eigenvalue weighted by Gasteiger charge is -2.15. The third kappa shape index (κ3) is 2.08. The van der Waals surface area contributed by atoms with Crippen molar-refractivity contribution in [2.24, 2.45) is 0 Å². The molecule has 2 aromatic heterocycles. The lowest BCUT2D eigenvalue weighted by molar-refractivity contribution is 0.727. The highest BCUT2D eigenvalue weighted by Crippen LogP contribution is 2.47. The second-order valence-corrected chi connectivity index (χ2v) is 6.81. The summed E-state index contributed by atoms with van der Waals surface area (Å²) in [5.41, 5.74) is 4.91. The van der Waals surface area contributed by atoms with Gasteiger partial charge in [-0.1, -0.05) is 36.4 Å². The first-order valence-corrected chi connectivity index (χ1v) is 8.38. The molecule has 5 nitrogen and oxygen atoms in total. The molecule has 0 amide bonds. The molecule has 0 radical (unpaired) electrons. The van der Waals surface area contributed by atoms with Crippen molar-refractivity contribution in [3.63, 3.8) is 0 Å². The van der Waals surface area contributed by atoms with Crippen molar-refractivity contribution in [1.29, 1.82) is 0 Å². The first kappa shape index (κ1) is 13.6. The van der Waals surface area contributed by atoms with E-state index in [-0.39, 0.29) is 5.41 Å². The van der Waals surface area contributed by atoms with E-state index < -0.39 is 0 Å². The van der Waals surface area contributed by atoms with Gasteiger partial charge in [0.2, 0.25) is 5.95 Å². The van der Waals surface area contributed by atoms with Crippen molar-refractivity contribution in [3.8, 4) is 0 Å². The van der Waals surface area contributed by atoms with Gasteiger partial charge in [0.25, 0.3) is 5.78 Å². The van der Waals surface area contributed by atoms with Crippen LogP contribution in [0.3, 0.4) is 0 Å². The molecule has 0 atom stereocenters. The second kappa shape index (κ2) is 4.84. The summed E-state index contributed by atoms with van der Waals surface area (Å²) in [5, 5.41) is 6.79. The monoisotopic (exact) mass is 317 g/mol. The summed E-state index contributed by atoms with van der Waals surface area (Å²) in [6.07, 6.45) is 2.45. The summed E-state index contributed by atoms with van der Waals surface area (Å²) in [6, 6.07) is 17.0. The Hall–Kier alpha value is -2.82. The van der Waals surface area contributed by atoms with Crippen LogP contribution in [0.15, 0.2) is 48.5 Å². The summed E-state index contributed by atoms with van der Waals surface area (Å²) in [7, 11) is 0. The highest BCUT2D eigenvalue weighted by Gasteiger charge is 2.44. The maximum atomic E-state index is 4.60. The van der Waals surface area contributed by atoms with Gasteiger partial charge in [-0.05, 0) is 43.0 Å². The van der Waals surface area contributed by atoms with E-state index in [4.69, 9.17) is 0 Å². The van der Waals surface area contributed by atoms with Crippen LogP contribution in [-0.2, 0) is 5.41 Å². The Morgan fingerprint density at radius 3 is 2.75 bits per heavy atom. The number of anilines is 1.